The van der Waals surface area contributed by atoms with Gasteiger partial charge in [-0.25, -0.2) is 4.79 Å². The second-order valence-electron chi connectivity index (χ2n) is 12.8. The van der Waals surface area contributed by atoms with Gasteiger partial charge in [-0.2, -0.15) is 11.8 Å². The van der Waals surface area contributed by atoms with E-state index in [9.17, 15) is 14.4 Å². The third-order valence-electron chi connectivity index (χ3n) is 6.32. The minimum atomic E-state index is -0.514. The van der Waals surface area contributed by atoms with Crippen LogP contribution in [-0.4, -0.2) is 47.1 Å². The first-order chi connectivity index (χ1) is 20.0. The molecule has 0 unspecified atom stereocenters. The number of carbonyl (C=O) groups excluding carboxylic acids is 3. The van der Waals surface area contributed by atoms with Gasteiger partial charge in [-0.3, -0.25) is 9.59 Å². The molecule has 6 nitrogen and oxygen atoms in total. The second kappa shape index (κ2) is 25.3. The SMILES string of the molecule is CC(C)CCC[C@@H]1CCCS1.CC(C)OC(=O)C(C)C.CC[C@H](NC(C)=O)C(=O)OC(C)C.Cc1ccc(C(C)C)cc1. The van der Waals surface area contributed by atoms with Crippen molar-refractivity contribution in [3.8, 4) is 0 Å². The second-order valence-corrected chi connectivity index (χ2v) is 14.2. The Hall–Kier alpha value is -2.02. The lowest BCUT2D eigenvalue weighted by Crippen LogP contribution is -2.41. The molecule has 0 radical (unpaired) electrons. The maximum atomic E-state index is 11.3. The van der Waals surface area contributed by atoms with Crippen LogP contribution in [0.25, 0.3) is 0 Å². The first-order valence-electron chi connectivity index (χ1n) is 16.4. The smallest absolute Gasteiger partial charge is 0.328 e. The molecular formula is C36H65NO5S. The van der Waals surface area contributed by atoms with E-state index < -0.39 is 6.04 Å². The summed E-state index contributed by atoms with van der Waals surface area (Å²) in [5.41, 5.74) is 2.76. The largest absolute Gasteiger partial charge is 0.463 e. The number of ether oxygens (including phenoxy) is 2. The van der Waals surface area contributed by atoms with Crippen molar-refractivity contribution in [1.82, 2.24) is 5.32 Å². The molecule has 1 heterocycles. The van der Waals surface area contributed by atoms with Crippen molar-refractivity contribution >= 4 is 29.6 Å². The van der Waals surface area contributed by atoms with Crippen LogP contribution in [0.15, 0.2) is 24.3 Å². The number of hydrogen-bond donors (Lipinski definition) is 1. The molecule has 1 saturated heterocycles. The molecule has 0 bridgehead atoms. The van der Waals surface area contributed by atoms with Crippen molar-refractivity contribution in [3.05, 3.63) is 35.4 Å². The predicted molar refractivity (Wildman–Crippen MR) is 185 cm³/mol. The quantitative estimate of drug-likeness (QED) is 0.247. The molecule has 1 aliphatic heterocycles. The van der Waals surface area contributed by atoms with Crippen LogP contribution in [0, 0.1) is 18.8 Å². The van der Waals surface area contributed by atoms with Crippen molar-refractivity contribution in [2.75, 3.05) is 5.75 Å². The summed E-state index contributed by atoms with van der Waals surface area (Å²) in [5, 5.41) is 3.54. The van der Waals surface area contributed by atoms with Gasteiger partial charge in [0.1, 0.15) is 6.04 Å². The van der Waals surface area contributed by atoms with Gasteiger partial charge in [-0.05, 0) is 83.5 Å². The van der Waals surface area contributed by atoms with E-state index in [4.69, 9.17) is 9.47 Å². The number of carbonyl (C=O) groups is 3. The Morgan fingerprint density at radius 1 is 0.884 bits per heavy atom. The number of thioether (sulfide) groups is 1. The zero-order valence-electron chi connectivity index (χ0n) is 29.8. The van der Waals surface area contributed by atoms with Crippen LogP contribution in [0.1, 0.15) is 139 Å². The fraction of sp³-hybridized carbons (Fsp3) is 0.750. The molecule has 1 aliphatic rings. The summed E-state index contributed by atoms with van der Waals surface area (Å²) in [6.07, 6.45) is 7.73. The highest BCUT2D eigenvalue weighted by molar-refractivity contribution is 8.00. The molecule has 1 aromatic rings. The molecule has 1 amide bonds. The number of rotatable bonds is 11. The van der Waals surface area contributed by atoms with Gasteiger partial charge in [0.2, 0.25) is 5.91 Å². The van der Waals surface area contributed by atoms with E-state index >= 15 is 0 Å². The Morgan fingerprint density at radius 3 is 1.77 bits per heavy atom. The van der Waals surface area contributed by atoms with E-state index in [0.717, 1.165) is 11.2 Å². The van der Waals surface area contributed by atoms with Crippen LogP contribution < -0.4 is 5.32 Å². The van der Waals surface area contributed by atoms with E-state index in [-0.39, 0.29) is 36.0 Å². The molecule has 2 atom stereocenters. The topological polar surface area (TPSA) is 81.7 Å². The highest BCUT2D eigenvalue weighted by Crippen LogP contribution is 2.30. The highest BCUT2D eigenvalue weighted by atomic mass is 32.2. The summed E-state index contributed by atoms with van der Waals surface area (Å²) in [4.78, 5) is 32.7. The standard InChI is InChI=1S/C10H20S.C10H14.C9H17NO3.C7H14O2/c1-9(2)5-3-6-10-7-4-8-11-10;1-8(2)10-6-4-9(3)5-7-10;1-5-8(10-7(4)11)9(12)13-6(2)3;1-5(2)7(8)9-6(3)4/h9-10H,3-8H2,1-2H3;4-8H,1-3H3;6,8H,5H2,1-4H3,(H,10,11);5-6H,1-4H3/t10-;;8-;/m1.0./s1. The fourth-order valence-electron chi connectivity index (χ4n) is 3.83. The zero-order chi connectivity index (χ0) is 33.5. The van der Waals surface area contributed by atoms with Crippen molar-refractivity contribution in [2.24, 2.45) is 11.8 Å². The molecule has 1 fully saturated rings. The first-order valence-corrected chi connectivity index (χ1v) is 17.4. The molecule has 0 saturated carbocycles. The van der Waals surface area contributed by atoms with Crippen molar-refractivity contribution in [1.29, 1.82) is 0 Å². The normalized spacial score (nSPS) is 14.7. The average molecular weight is 624 g/mol. The molecular weight excluding hydrogens is 558 g/mol. The van der Waals surface area contributed by atoms with Gasteiger partial charge in [0.15, 0.2) is 0 Å². The molecule has 1 N–H and O–H groups in total. The fourth-order valence-corrected chi connectivity index (χ4v) is 5.17. The number of esters is 2. The summed E-state index contributed by atoms with van der Waals surface area (Å²) >= 11 is 2.19. The summed E-state index contributed by atoms with van der Waals surface area (Å²) < 4.78 is 9.82. The molecule has 0 aliphatic carbocycles. The summed E-state index contributed by atoms with van der Waals surface area (Å²) in [6, 6.07) is 8.20. The van der Waals surface area contributed by atoms with Gasteiger partial charge < -0.3 is 14.8 Å². The molecule has 1 aromatic carbocycles. The Kier molecular flexibility index (Phi) is 25.4. The lowest BCUT2D eigenvalue weighted by atomic mass is 10.0. The third-order valence-corrected chi connectivity index (χ3v) is 7.79. The van der Waals surface area contributed by atoms with E-state index in [2.05, 4.69) is 76.0 Å². The summed E-state index contributed by atoms with van der Waals surface area (Å²) in [6.45, 7) is 25.3. The highest BCUT2D eigenvalue weighted by Gasteiger charge is 2.19. The number of nitrogens with one attached hydrogen (secondary N) is 1. The molecule has 0 aromatic heterocycles. The van der Waals surface area contributed by atoms with E-state index in [0.29, 0.717) is 12.3 Å². The predicted octanol–water partition coefficient (Wildman–Crippen LogP) is 9.27. The monoisotopic (exact) mass is 623 g/mol. The number of aryl methyl sites for hydroxylation is 1. The number of hydrogen-bond acceptors (Lipinski definition) is 6. The number of amides is 1. The Bertz CT molecular complexity index is 859. The summed E-state index contributed by atoms with van der Waals surface area (Å²) in [7, 11) is 0. The van der Waals surface area contributed by atoms with Gasteiger partial charge in [-0.1, -0.05) is 91.1 Å². The lowest BCUT2D eigenvalue weighted by molar-refractivity contribution is -0.152. The van der Waals surface area contributed by atoms with E-state index in [1.807, 2.05) is 34.6 Å². The summed E-state index contributed by atoms with van der Waals surface area (Å²) in [5.74, 6) is 2.27. The van der Waals surface area contributed by atoms with Gasteiger partial charge in [-0.15, -0.1) is 0 Å². The van der Waals surface area contributed by atoms with Gasteiger partial charge in [0.25, 0.3) is 0 Å². The van der Waals surface area contributed by atoms with Crippen LogP contribution in [-0.2, 0) is 23.9 Å². The maximum absolute atomic E-state index is 11.3. The van der Waals surface area contributed by atoms with Gasteiger partial charge in [0, 0.05) is 12.2 Å². The average Bonchev–Trinajstić information content (AvgIpc) is 3.41. The zero-order valence-corrected chi connectivity index (χ0v) is 30.6. The van der Waals surface area contributed by atoms with Crippen molar-refractivity contribution in [3.63, 3.8) is 0 Å². The Morgan fingerprint density at radius 2 is 1.42 bits per heavy atom. The van der Waals surface area contributed by atoms with Gasteiger partial charge >= 0.3 is 11.9 Å². The molecule has 2 rings (SSSR count). The van der Waals surface area contributed by atoms with Gasteiger partial charge in [0.05, 0.1) is 18.1 Å². The molecule has 250 valence electrons. The lowest BCUT2D eigenvalue weighted by Gasteiger charge is -2.16. The molecule has 7 heteroatoms. The van der Waals surface area contributed by atoms with Crippen LogP contribution in [0.2, 0.25) is 0 Å². The van der Waals surface area contributed by atoms with E-state index in [1.54, 1.807) is 13.8 Å². The van der Waals surface area contributed by atoms with Crippen molar-refractivity contribution in [2.45, 2.75) is 158 Å². The van der Waals surface area contributed by atoms with Crippen LogP contribution in [0.4, 0.5) is 0 Å². The Balaban J connectivity index is 0. The molecule has 43 heavy (non-hydrogen) atoms. The van der Waals surface area contributed by atoms with Crippen molar-refractivity contribution < 1.29 is 23.9 Å². The first kappa shape index (κ1) is 43.1. The molecule has 0 spiro atoms. The van der Waals surface area contributed by atoms with Crippen LogP contribution in [0.3, 0.4) is 0 Å². The van der Waals surface area contributed by atoms with Crippen LogP contribution >= 0.6 is 11.8 Å². The Labute approximate surface area is 269 Å². The van der Waals surface area contributed by atoms with E-state index in [1.165, 1.54) is 55.9 Å². The minimum Gasteiger partial charge on any atom is -0.463 e. The minimum absolute atomic E-state index is 0.00704. The maximum Gasteiger partial charge on any atom is 0.328 e. The van der Waals surface area contributed by atoms with Crippen LogP contribution in [0.5, 0.6) is 0 Å². The third kappa shape index (κ3) is 26.1. The number of benzene rings is 1.